The Labute approximate surface area is 87.3 Å². The summed E-state index contributed by atoms with van der Waals surface area (Å²) in [7, 11) is 0. The molecule has 2 unspecified atom stereocenters. The molecule has 2 heterocycles. The van der Waals surface area contributed by atoms with E-state index in [1.54, 1.807) is 4.90 Å². The van der Waals surface area contributed by atoms with Crippen molar-refractivity contribution in [3.63, 3.8) is 0 Å². The van der Waals surface area contributed by atoms with Gasteiger partial charge in [0.25, 0.3) is 5.91 Å². The SMILES string of the molecule is CC1CN(C(=O)c2ncn[nH]2)CCC1O. The molecule has 1 aromatic rings. The van der Waals surface area contributed by atoms with Crippen molar-refractivity contribution in [3.8, 4) is 0 Å². The van der Waals surface area contributed by atoms with Crippen molar-refractivity contribution in [1.29, 1.82) is 0 Å². The van der Waals surface area contributed by atoms with Gasteiger partial charge in [-0.25, -0.2) is 4.98 Å². The highest BCUT2D eigenvalue weighted by Gasteiger charge is 2.28. The summed E-state index contributed by atoms with van der Waals surface area (Å²) >= 11 is 0. The molecule has 0 bridgehead atoms. The minimum Gasteiger partial charge on any atom is -0.393 e. The van der Waals surface area contributed by atoms with Crippen LogP contribution in [0.3, 0.4) is 0 Å². The van der Waals surface area contributed by atoms with Gasteiger partial charge >= 0.3 is 0 Å². The molecule has 2 rings (SSSR count). The van der Waals surface area contributed by atoms with Crippen molar-refractivity contribution in [3.05, 3.63) is 12.2 Å². The van der Waals surface area contributed by atoms with Gasteiger partial charge in [-0.15, -0.1) is 0 Å². The van der Waals surface area contributed by atoms with Gasteiger partial charge in [0.15, 0.2) is 0 Å². The smallest absolute Gasteiger partial charge is 0.291 e. The molecular formula is C9H14N4O2. The summed E-state index contributed by atoms with van der Waals surface area (Å²) in [5.41, 5.74) is 0. The molecule has 0 saturated carbocycles. The third-order valence-electron chi connectivity index (χ3n) is 2.76. The van der Waals surface area contributed by atoms with Crippen LogP contribution < -0.4 is 0 Å². The van der Waals surface area contributed by atoms with Crippen LogP contribution in [0.5, 0.6) is 0 Å². The van der Waals surface area contributed by atoms with Crippen LogP contribution in [0.25, 0.3) is 0 Å². The van der Waals surface area contributed by atoms with Crippen molar-refractivity contribution in [1.82, 2.24) is 20.1 Å². The van der Waals surface area contributed by atoms with Gasteiger partial charge in [0, 0.05) is 13.1 Å². The normalized spacial score (nSPS) is 26.7. The Kier molecular flexibility index (Phi) is 2.68. The van der Waals surface area contributed by atoms with Crippen LogP contribution in [0.15, 0.2) is 6.33 Å². The van der Waals surface area contributed by atoms with Crippen LogP contribution >= 0.6 is 0 Å². The molecule has 0 aliphatic carbocycles. The van der Waals surface area contributed by atoms with Gasteiger partial charge in [-0.05, 0) is 12.3 Å². The van der Waals surface area contributed by atoms with E-state index in [0.717, 1.165) is 0 Å². The second kappa shape index (κ2) is 3.98. The highest BCUT2D eigenvalue weighted by molar-refractivity contribution is 5.90. The number of likely N-dealkylation sites (tertiary alicyclic amines) is 1. The molecule has 2 atom stereocenters. The van der Waals surface area contributed by atoms with Crippen LogP contribution in [-0.2, 0) is 0 Å². The molecule has 1 aliphatic rings. The summed E-state index contributed by atoms with van der Waals surface area (Å²) in [5.74, 6) is 0.232. The highest BCUT2D eigenvalue weighted by atomic mass is 16.3. The van der Waals surface area contributed by atoms with Crippen LogP contribution in [0, 0.1) is 5.92 Å². The number of piperidine rings is 1. The first-order valence-electron chi connectivity index (χ1n) is 5.01. The Morgan fingerprint density at radius 2 is 2.53 bits per heavy atom. The average Bonchev–Trinajstić information content (AvgIpc) is 2.74. The molecule has 1 amide bonds. The molecule has 6 heteroatoms. The van der Waals surface area contributed by atoms with E-state index < -0.39 is 0 Å². The van der Waals surface area contributed by atoms with Crippen molar-refractivity contribution in [2.45, 2.75) is 19.4 Å². The Bertz CT molecular complexity index is 338. The molecule has 0 spiro atoms. The number of nitrogens with one attached hydrogen (secondary N) is 1. The topological polar surface area (TPSA) is 82.1 Å². The van der Waals surface area contributed by atoms with Crippen LogP contribution in [-0.4, -0.2) is 50.3 Å². The minimum atomic E-state index is -0.302. The van der Waals surface area contributed by atoms with Crippen molar-refractivity contribution in [2.24, 2.45) is 5.92 Å². The minimum absolute atomic E-state index is 0.116. The number of amides is 1. The number of aliphatic hydroxyl groups excluding tert-OH is 1. The first-order valence-corrected chi connectivity index (χ1v) is 5.01. The Balaban J connectivity index is 2.03. The van der Waals surface area contributed by atoms with E-state index in [9.17, 15) is 9.90 Å². The summed E-state index contributed by atoms with van der Waals surface area (Å²) in [5, 5.41) is 15.7. The van der Waals surface area contributed by atoms with E-state index in [1.165, 1.54) is 6.33 Å². The van der Waals surface area contributed by atoms with Gasteiger partial charge in [-0.3, -0.25) is 9.89 Å². The number of aliphatic hydroxyl groups is 1. The largest absolute Gasteiger partial charge is 0.393 e. The zero-order chi connectivity index (χ0) is 10.8. The summed E-state index contributed by atoms with van der Waals surface area (Å²) in [6, 6.07) is 0. The summed E-state index contributed by atoms with van der Waals surface area (Å²) < 4.78 is 0. The Morgan fingerprint density at radius 3 is 3.13 bits per heavy atom. The average molecular weight is 210 g/mol. The number of aromatic amines is 1. The molecule has 6 nitrogen and oxygen atoms in total. The highest BCUT2D eigenvalue weighted by Crippen LogP contribution is 2.17. The number of carbonyl (C=O) groups is 1. The fourth-order valence-corrected chi connectivity index (χ4v) is 1.78. The van der Waals surface area contributed by atoms with Gasteiger partial charge in [0.2, 0.25) is 5.82 Å². The monoisotopic (exact) mass is 210 g/mol. The van der Waals surface area contributed by atoms with E-state index in [0.29, 0.717) is 19.5 Å². The lowest BCUT2D eigenvalue weighted by molar-refractivity contribution is 0.0290. The van der Waals surface area contributed by atoms with E-state index >= 15 is 0 Å². The van der Waals surface area contributed by atoms with E-state index in [2.05, 4.69) is 15.2 Å². The molecule has 0 aromatic carbocycles. The van der Waals surface area contributed by atoms with Gasteiger partial charge in [0.1, 0.15) is 6.33 Å². The summed E-state index contributed by atoms with van der Waals surface area (Å²) in [4.78, 5) is 17.3. The molecule has 1 saturated heterocycles. The number of nitrogens with zero attached hydrogens (tertiary/aromatic N) is 3. The van der Waals surface area contributed by atoms with E-state index in [1.807, 2.05) is 6.92 Å². The molecule has 15 heavy (non-hydrogen) atoms. The quantitative estimate of drug-likeness (QED) is 0.663. The van der Waals surface area contributed by atoms with Gasteiger partial charge in [-0.2, -0.15) is 5.10 Å². The lowest BCUT2D eigenvalue weighted by Gasteiger charge is -2.33. The maximum absolute atomic E-state index is 11.8. The molecule has 1 fully saturated rings. The number of rotatable bonds is 1. The standard InChI is InChI=1S/C9H14N4O2/c1-6-4-13(3-2-7(6)14)9(15)8-10-5-11-12-8/h5-7,14H,2-4H2,1H3,(H,10,11,12). The van der Waals surface area contributed by atoms with Crippen LogP contribution in [0.2, 0.25) is 0 Å². The molecule has 1 aliphatic heterocycles. The number of hydrogen-bond acceptors (Lipinski definition) is 4. The molecule has 2 N–H and O–H groups in total. The van der Waals surface area contributed by atoms with Crippen LogP contribution in [0.4, 0.5) is 0 Å². The third kappa shape index (κ3) is 1.99. The van der Waals surface area contributed by atoms with Gasteiger partial charge < -0.3 is 10.0 Å². The Hall–Kier alpha value is -1.43. The summed E-state index contributed by atoms with van der Waals surface area (Å²) in [6.45, 7) is 3.08. The lowest BCUT2D eigenvalue weighted by Crippen LogP contribution is -2.45. The first-order chi connectivity index (χ1) is 7.18. The van der Waals surface area contributed by atoms with Crippen LogP contribution in [0.1, 0.15) is 24.0 Å². The predicted octanol–water partition coefficient (Wildman–Crippen LogP) is -0.352. The number of H-pyrrole nitrogens is 1. The maximum Gasteiger partial charge on any atom is 0.291 e. The second-order valence-corrected chi connectivity index (χ2v) is 3.92. The first kappa shape index (κ1) is 10.1. The summed E-state index contributed by atoms with van der Waals surface area (Å²) in [6.07, 6.45) is 1.64. The zero-order valence-electron chi connectivity index (χ0n) is 8.55. The lowest BCUT2D eigenvalue weighted by atomic mass is 9.97. The molecule has 0 radical (unpaired) electrons. The van der Waals surface area contributed by atoms with Crippen molar-refractivity contribution < 1.29 is 9.90 Å². The van der Waals surface area contributed by atoms with Gasteiger partial charge in [0.05, 0.1) is 6.10 Å². The fourth-order valence-electron chi connectivity index (χ4n) is 1.78. The number of carbonyl (C=O) groups excluding carboxylic acids is 1. The third-order valence-corrected chi connectivity index (χ3v) is 2.76. The predicted molar refractivity (Wildman–Crippen MR) is 52.1 cm³/mol. The van der Waals surface area contributed by atoms with Gasteiger partial charge in [-0.1, -0.05) is 6.92 Å². The second-order valence-electron chi connectivity index (χ2n) is 3.92. The molecular weight excluding hydrogens is 196 g/mol. The molecule has 82 valence electrons. The number of hydrogen-bond donors (Lipinski definition) is 2. The maximum atomic E-state index is 11.8. The van der Waals surface area contributed by atoms with E-state index in [4.69, 9.17) is 0 Å². The zero-order valence-corrected chi connectivity index (χ0v) is 8.55. The Morgan fingerprint density at radius 1 is 1.73 bits per heavy atom. The fraction of sp³-hybridized carbons (Fsp3) is 0.667. The van der Waals surface area contributed by atoms with E-state index in [-0.39, 0.29) is 23.8 Å². The van der Waals surface area contributed by atoms with Crippen molar-refractivity contribution in [2.75, 3.05) is 13.1 Å². The van der Waals surface area contributed by atoms with Crippen molar-refractivity contribution >= 4 is 5.91 Å². The molecule has 1 aromatic heterocycles. The number of aromatic nitrogens is 3.